The molecule has 2 N–H and O–H groups in total. The van der Waals surface area contributed by atoms with E-state index in [1.54, 1.807) is 0 Å². The van der Waals surface area contributed by atoms with E-state index in [1.807, 2.05) is 19.1 Å². The van der Waals surface area contributed by atoms with Gasteiger partial charge in [-0.3, -0.25) is 4.98 Å². The van der Waals surface area contributed by atoms with Gasteiger partial charge in [-0.1, -0.05) is 11.6 Å². The van der Waals surface area contributed by atoms with Crippen molar-refractivity contribution in [1.82, 2.24) is 4.98 Å². The van der Waals surface area contributed by atoms with Crippen molar-refractivity contribution in [3.63, 3.8) is 0 Å². The Morgan fingerprint density at radius 3 is 2.89 bits per heavy atom. The number of thiophene rings is 1. The number of aromatic nitrogens is 1. The predicted octanol–water partition coefficient (Wildman–Crippen LogP) is 3.67. The minimum Gasteiger partial charge on any atom is -0.478 e. The minimum absolute atomic E-state index is 0.0233. The third-order valence-electron chi connectivity index (χ3n) is 2.44. The fraction of sp³-hybridized carbons (Fsp3) is 0.167. The smallest absolute Gasteiger partial charge is 0.337 e. The van der Waals surface area contributed by atoms with Gasteiger partial charge >= 0.3 is 5.97 Å². The van der Waals surface area contributed by atoms with E-state index in [4.69, 9.17) is 16.7 Å². The molecule has 2 aromatic heterocycles. The highest BCUT2D eigenvalue weighted by Gasteiger charge is 2.13. The Kier molecular flexibility index (Phi) is 3.84. The maximum absolute atomic E-state index is 11.1. The molecule has 0 aliphatic heterocycles. The molecule has 2 aromatic rings. The Balaban J connectivity index is 2.21. The summed E-state index contributed by atoms with van der Waals surface area (Å²) in [6.07, 6.45) is 2.97. The quantitative estimate of drug-likeness (QED) is 0.898. The molecule has 2 rings (SSSR count). The van der Waals surface area contributed by atoms with Crippen LogP contribution < -0.4 is 5.32 Å². The van der Waals surface area contributed by atoms with Gasteiger partial charge in [-0.15, -0.1) is 11.3 Å². The number of carbonyl (C=O) groups is 1. The van der Waals surface area contributed by atoms with Crippen molar-refractivity contribution in [1.29, 1.82) is 0 Å². The van der Waals surface area contributed by atoms with E-state index in [9.17, 15) is 4.79 Å². The first kappa shape index (κ1) is 12.9. The van der Waals surface area contributed by atoms with Crippen molar-refractivity contribution >= 4 is 34.6 Å². The van der Waals surface area contributed by atoms with Crippen LogP contribution in [0, 0.1) is 0 Å². The SMILES string of the molecule is CC(Nc1cnccc1C(=O)O)c1ccc(Cl)s1. The van der Waals surface area contributed by atoms with E-state index in [1.165, 1.54) is 29.8 Å². The van der Waals surface area contributed by atoms with Crippen LogP contribution in [0.25, 0.3) is 0 Å². The van der Waals surface area contributed by atoms with Crippen molar-refractivity contribution < 1.29 is 9.90 Å². The van der Waals surface area contributed by atoms with Crippen LogP contribution in [0.4, 0.5) is 5.69 Å². The summed E-state index contributed by atoms with van der Waals surface area (Å²) < 4.78 is 0.711. The molecule has 0 aliphatic carbocycles. The van der Waals surface area contributed by atoms with Crippen LogP contribution in [0.15, 0.2) is 30.6 Å². The highest BCUT2D eigenvalue weighted by Crippen LogP contribution is 2.29. The second-order valence-electron chi connectivity index (χ2n) is 3.73. The van der Waals surface area contributed by atoms with Gasteiger partial charge in [0.15, 0.2) is 0 Å². The standard InChI is InChI=1S/C12H11ClN2O2S/c1-7(10-2-3-11(13)18-10)15-9-6-14-5-4-8(9)12(16)17/h2-7,15H,1H3,(H,16,17). The highest BCUT2D eigenvalue weighted by molar-refractivity contribution is 7.16. The lowest BCUT2D eigenvalue weighted by molar-refractivity contribution is 0.0698. The molecule has 1 unspecified atom stereocenters. The number of aromatic carboxylic acids is 1. The van der Waals surface area contributed by atoms with Gasteiger partial charge in [0.25, 0.3) is 0 Å². The molecule has 0 spiro atoms. The largest absolute Gasteiger partial charge is 0.478 e. The molecule has 0 saturated carbocycles. The third-order valence-corrected chi connectivity index (χ3v) is 3.86. The molecule has 0 fully saturated rings. The molecule has 0 saturated heterocycles. The van der Waals surface area contributed by atoms with E-state index in [0.717, 1.165) is 4.88 Å². The zero-order valence-electron chi connectivity index (χ0n) is 9.55. The summed E-state index contributed by atoms with van der Waals surface area (Å²) in [5, 5.41) is 12.2. The van der Waals surface area contributed by atoms with Gasteiger partial charge in [0.1, 0.15) is 0 Å². The number of anilines is 1. The number of nitrogens with zero attached hydrogens (tertiary/aromatic N) is 1. The molecule has 0 aromatic carbocycles. The zero-order chi connectivity index (χ0) is 13.1. The average Bonchev–Trinajstić information content (AvgIpc) is 2.76. The number of hydrogen-bond donors (Lipinski definition) is 2. The van der Waals surface area contributed by atoms with Crippen molar-refractivity contribution in [2.45, 2.75) is 13.0 Å². The minimum atomic E-state index is -0.976. The topological polar surface area (TPSA) is 62.2 Å². The Labute approximate surface area is 113 Å². The molecule has 4 nitrogen and oxygen atoms in total. The lowest BCUT2D eigenvalue weighted by atomic mass is 10.2. The number of carboxylic acids is 1. The first-order valence-electron chi connectivity index (χ1n) is 5.27. The summed E-state index contributed by atoms with van der Waals surface area (Å²) in [4.78, 5) is 16.0. The molecule has 0 radical (unpaired) electrons. The second-order valence-corrected chi connectivity index (χ2v) is 5.48. The average molecular weight is 283 g/mol. The van der Waals surface area contributed by atoms with Gasteiger partial charge in [0, 0.05) is 11.1 Å². The Morgan fingerprint density at radius 2 is 2.28 bits per heavy atom. The lowest BCUT2D eigenvalue weighted by Crippen LogP contribution is -2.10. The van der Waals surface area contributed by atoms with E-state index in [-0.39, 0.29) is 11.6 Å². The van der Waals surface area contributed by atoms with E-state index >= 15 is 0 Å². The molecule has 0 aliphatic rings. The normalized spacial score (nSPS) is 12.1. The molecular weight excluding hydrogens is 272 g/mol. The summed E-state index contributed by atoms with van der Waals surface area (Å²) in [7, 11) is 0. The summed E-state index contributed by atoms with van der Waals surface area (Å²) in [6.45, 7) is 1.95. The Hall–Kier alpha value is -1.59. The van der Waals surface area contributed by atoms with Gasteiger partial charge in [-0.05, 0) is 25.1 Å². The summed E-state index contributed by atoms with van der Waals surface area (Å²) in [6, 6.07) is 5.19. The van der Waals surface area contributed by atoms with Crippen molar-refractivity contribution in [3.05, 3.63) is 45.4 Å². The van der Waals surface area contributed by atoms with Crippen molar-refractivity contribution in [3.8, 4) is 0 Å². The summed E-state index contributed by atoms with van der Waals surface area (Å²) in [5.41, 5.74) is 0.710. The van der Waals surface area contributed by atoms with Crippen LogP contribution in [0.1, 0.15) is 28.2 Å². The first-order valence-corrected chi connectivity index (χ1v) is 6.46. The molecule has 6 heteroatoms. The molecule has 94 valence electrons. The monoisotopic (exact) mass is 282 g/mol. The fourth-order valence-electron chi connectivity index (χ4n) is 1.56. The van der Waals surface area contributed by atoms with Gasteiger partial charge in [0.05, 0.1) is 27.8 Å². The molecule has 0 bridgehead atoms. The summed E-state index contributed by atoms with van der Waals surface area (Å²) in [5.74, 6) is -0.976. The van der Waals surface area contributed by atoms with Crippen molar-refractivity contribution in [2.24, 2.45) is 0 Å². The number of pyridine rings is 1. The number of carboxylic acid groups (broad SMARTS) is 1. The van der Waals surface area contributed by atoms with Crippen LogP contribution >= 0.6 is 22.9 Å². The van der Waals surface area contributed by atoms with Crippen LogP contribution in [0.3, 0.4) is 0 Å². The number of halogens is 1. The van der Waals surface area contributed by atoms with E-state index in [0.29, 0.717) is 10.0 Å². The first-order chi connectivity index (χ1) is 8.58. The van der Waals surface area contributed by atoms with Crippen LogP contribution in [0.2, 0.25) is 4.34 Å². The maximum atomic E-state index is 11.1. The van der Waals surface area contributed by atoms with E-state index in [2.05, 4.69) is 10.3 Å². The molecule has 18 heavy (non-hydrogen) atoms. The molecule has 1 atom stereocenters. The third kappa shape index (κ3) is 2.80. The number of hydrogen-bond acceptors (Lipinski definition) is 4. The van der Waals surface area contributed by atoms with Crippen LogP contribution in [-0.4, -0.2) is 16.1 Å². The summed E-state index contributed by atoms with van der Waals surface area (Å²) >= 11 is 7.34. The predicted molar refractivity (Wildman–Crippen MR) is 72.6 cm³/mol. The maximum Gasteiger partial charge on any atom is 0.337 e. The second kappa shape index (κ2) is 5.37. The molecule has 0 amide bonds. The van der Waals surface area contributed by atoms with Gasteiger partial charge in [-0.25, -0.2) is 4.79 Å². The number of nitrogens with one attached hydrogen (secondary N) is 1. The number of rotatable bonds is 4. The van der Waals surface area contributed by atoms with E-state index < -0.39 is 5.97 Å². The highest BCUT2D eigenvalue weighted by atomic mass is 35.5. The van der Waals surface area contributed by atoms with Gasteiger partial charge in [0.2, 0.25) is 0 Å². The van der Waals surface area contributed by atoms with Gasteiger partial charge in [-0.2, -0.15) is 0 Å². The molecule has 2 heterocycles. The van der Waals surface area contributed by atoms with Crippen LogP contribution in [-0.2, 0) is 0 Å². The van der Waals surface area contributed by atoms with Crippen molar-refractivity contribution in [2.75, 3.05) is 5.32 Å². The lowest BCUT2D eigenvalue weighted by Gasteiger charge is -2.14. The molecular formula is C12H11ClN2O2S. The Bertz CT molecular complexity index is 571. The Morgan fingerprint density at radius 1 is 1.50 bits per heavy atom. The zero-order valence-corrected chi connectivity index (χ0v) is 11.1. The fourth-order valence-corrected chi connectivity index (χ4v) is 2.62. The van der Waals surface area contributed by atoms with Gasteiger partial charge < -0.3 is 10.4 Å². The van der Waals surface area contributed by atoms with Crippen LogP contribution in [0.5, 0.6) is 0 Å².